The summed E-state index contributed by atoms with van der Waals surface area (Å²) in [5.74, 6) is 0.115. The van der Waals surface area contributed by atoms with E-state index in [2.05, 4.69) is 20.5 Å². The fourth-order valence-electron chi connectivity index (χ4n) is 2.87. The molecular formula is C18H18N6O4S2. The number of Topliss-reactive ketones (excluding diaryl/α,β-unsaturated/α-hetero) is 1. The number of rotatable bonds is 8. The normalized spacial score (nSPS) is 13.2. The number of ether oxygens (including phenoxy) is 1. The number of nitrogens with zero attached hydrogens (tertiary/aromatic N) is 3. The van der Waals surface area contributed by atoms with E-state index in [9.17, 15) is 14.4 Å². The molecule has 1 aromatic carbocycles. The van der Waals surface area contributed by atoms with Crippen molar-refractivity contribution in [1.29, 1.82) is 0 Å². The number of benzene rings is 1. The minimum absolute atomic E-state index is 0.0516. The third-order valence-corrected chi connectivity index (χ3v) is 6.40. The molecule has 0 spiro atoms. The van der Waals surface area contributed by atoms with E-state index in [4.69, 9.17) is 10.5 Å². The summed E-state index contributed by atoms with van der Waals surface area (Å²) < 4.78 is 7.03. The monoisotopic (exact) mass is 446 g/mol. The first-order valence-corrected chi connectivity index (χ1v) is 10.8. The number of aromatic amines is 1. The topological polar surface area (TPSA) is 145 Å². The minimum atomic E-state index is -0.766. The van der Waals surface area contributed by atoms with Crippen LogP contribution in [0.1, 0.15) is 29.2 Å². The van der Waals surface area contributed by atoms with E-state index < -0.39 is 17.0 Å². The summed E-state index contributed by atoms with van der Waals surface area (Å²) in [5, 5.41) is 11.8. The van der Waals surface area contributed by atoms with Gasteiger partial charge in [-0.05, 0) is 25.0 Å². The highest BCUT2D eigenvalue weighted by molar-refractivity contribution is 8.01. The fourth-order valence-corrected chi connectivity index (χ4v) is 4.52. The van der Waals surface area contributed by atoms with E-state index in [0.717, 1.165) is 30.3 Å². The van der Waals surface area contributed by atoms with Gasteiger partial charge in [-0.1, -0.05) is 29.2 Å². The third-order valence-electron chi connectivity index (χ3n) is 4.43. The van der Waals surface area contributed by atoms with Crippen LogP contribution in [0.15, 0.2) is 38.2 Å². The molecule has 0 saturated heterocycles. The van der Waals surface area contributed by atoms with Crippen LogP contribution in [0, 0.1) is 0 Å². The van der Waals surface area contributed by atoms with Crippen molar-refractivity contribution in [1.82, 2.24) is 19.7 Å². The van der Waals surface area contributed by atoms with Crippen LogP contribution in [-0.4, -0.2) is 38.4 Å². The minimum Gasteiger partial charge on any atom is -0.497 e. The Morgan fingerprint density at radius 3 is 2.93 bits per heavy atom. The lowest BCUT2D eigenvalue weighted by Gasteiger charge is -2.10. The largest absolute Gasteiger partial charge is 0.497 e. The van der Waals surface area contributed by atoms with Crippen LogP contribution in [0.25, 0.3) is 0 Å². The van der Waals surface area contributed by atoms with Crippen LogP contribution in [0.2, 0.25) is 0 Å². The standard InChI is InChI=1S/C18H18N6O4S2/c1-28-11-4-2-3-9(7-11)20-16-22-23-18(30-16)29-8-12(25)13-14(19)24(10-5-6-10)17(27)21-15(13)26/h2-4,7,10H,5-6,8,19H2,1H3,(H,20,22)(H,21,26,27). The van der Waals surface area contributed by atoms with Gasteiger partial charge in [0.25, 0.3) is 5.56 Å². The molecule has 1 fully saturated rings. The molecule has 0 radical (unpaired) electrons. The van der Waals surface area contributed by atoms with Gasteiger partial charge in [0.15, 0.2) is 10.1 Å². The van der Waals surface area contributed by atoms with Crippen LogP contribution in [0.5, 0.6) is 5.75 Å². The summed E-state index contributed by atoms with van der Waals surface area (Å²) >= 11 is 2.42. The Morgan fingerprint density at radius 1 is 1.40 bits per heavy atom. The van der Waals surface area contributed by atoms with E-state index in [0.29, 0.717) is 15.2 Å². The Balaban J connectivity index is 1.44. The number of hydrogen-bond acceptors (Lipinski definition) is 10. The summed E-state index contributed by atoms with van der Waals surface area (Å²) in [6.07, 6.45) is 1.60. The average Bonchev–Trinajstić information content (AvgIpc) is 3.44. The van der Waals surface area contributed by atoms with Crippen LogP contribution < -0.4 is 27.0 Å². The molecule has 2 heterocycles. The maximum Gasteiger partial charge on any atom is 0.330 e. The second kappa shape index (κ2) is 8.32. The number of hydrogen-bond donors (Lipinski definition) is 3. The van der Waals surface area contributed by atoms with Crippen molar-refractivity contribution in [2.45, 2.75) is 23.2 Å². The van der Waals surface area contributed by atoms with Crippen molar-refractivity contribution >= 4 is 45.5 Å². The van der Waals surface area contributed by atoms with Crippen molar-refractivity contribution in [3.63, 3.8) is 0 Å². The molecule has 30 heavy (non-hydrogen) atoms. The summed E-state index contributed by atoms with van der Waals surface area (Å²) in [6.45, 7) is 0. The van der Waals surface area contributed by atoms with Crippen molar-refractivity contribution in [2.24, 2.45) is 0 Å². The maximum atomic E-state index is 12.6. The second-order valence-corrected chi connectivity index (χ2v) is 8.76. The molecular weight excluding hydrogens is 428 g/mol. The zero-order chi connectivity index (χ0) is 21.3. The fraction of sp³-hybridized carbons (Fsp3) is 0.278. The number of nitrogen functional groups attached to an aromatic ring is 1. The Morgan fingerprint density at radius 2 is 2.20 bits per heavy atom. The predicted molar refractivity (Wildman–Crippen MR) is 115 cm³/mol. The number of nitrogens with two attached hydrogens (primary N) is 1. The van der Waals surface area contributed by atoms with Gasteiger partial charge in [0, 0.05) is 17.8 Å². The molecule has 1 aliphatic carbocycles. The summed E-state index contributed by atoms with van der Waals surface area (Å²) in [7, 11) is 1.59. The number of carbonyl (C=O) groups excluding carboxylic acids is 1. The molecule has 2 aromatic heterocycles. The Hall–Kier alpha value is -3.12. The van der Waals surface area contributed by atoms with Crippen molar-refractivity contribution in [2.75, 3.05) is 23.9 Å². The lowest BCUT2D eigenvalue weighted by Crippen LogP contribution is -2.36. The number of aromatic nitrogens is 4. The van der Waals surface area contributed by atoms with Crippen LogP contribution in [-0.2, 0) is 0 Å². The molecule has 4 N–H and O–H groups in total. The molecule has 12 heteroatoms. The quantitative estimate of drug-likeness (QED) is 0.349. The van der Waals surface area contributed by atoms with Gasteiger partial charge in [0.1, 0.15) is 17.1 Å². The number of carbonyl (C=O) groups is 1. The Bertz CT molecular complexity index is 1210. The molecule has 10 nitrogen and oxygen atoms in total. The molecule has 0 aliphatic heterocycles. The molecule has 3 aromatic rings. The summed E-state index contributed by atoms with van der Waals surface area (Å²) in [6, 6.07) is 7.31. The highest BCUT2D eigenvalue weighted by atomic mass is 32.2. The lowest BCUT2D eigenvalue weighted by molar-refractivity contribution is 0.102. The predicted octanol–water partition coefficient (Wildman–Crippen LogP) is 2.03. The van der Waals surface area contributed by atoms with Gasteiger partial charge < -0.3 is 15.8 Å². The summed E-state index contributed by atoms with van der Waals surface area (Å²) in [5.41, 5.74) is 5.23. The smallest absolute Gasteiger partial charge is 0.330 e. The van der Waals surface area contributed by atoms with Crippen molar-refractivity contribution in [3.05, 3.63) is 50.7 Å². The van der Waals surface area contributed by atoms with Crippen LogP contribution in [0.3, 0.4) is 0 Å². The van der Waals surface area contributed by atoms with Crippen molar-refractivity contribution in [3.8, 4) is 5.75 Å². The molecule has 0 bridgehead atoms. The zero-order valence-corrected chi connectivity index (χ0v) is 17.5. The molecule has 1 aliphatic rings. The van der Waals surface area contributed by atoms with Gasteiger partial charge in [-0.3, -0.25) is 19.1 Å². The number of ketones is 1. The molecule has 0 atom stereocenters. The number of anilines is 3. The maximum absolute atomic E-state index is 12.6. The number of nitrogens with one attached hydrogen (secondary N) is 2. The number of thioether (sulfide) groups is 1. The summed E-state index contributed by atoms with van der Waals surface area (Å²) in [4.78, 5) is 38.9. The van der Waals surface area contributed by atoms with E-state index in [1.165, 1.54) is 15.9 Å². The first-order valence-electron chi connectivity index (χ1n) is 9.01. The Labute approximate surface area is 178 Å². The molecule has 0 unspecified atom stereocenters. The van der Waals surface area contributed by atoms with E-state index >= 15 is 0 Å². The lowest BCUT2D eigenvalue weighted by atomic mass is 10.2. The molecule has 156 valence electrons. The number of H-pyrrole nitrogens is 1. The van der Waals surface area contributed by atoms with Gasteiger partial charge in [-0.15, -0.1) is 10.2 Å². The highest BCUT2D eigenvalue weighted by Gasteiger charge is 2.30. The van der Waals surface area contributed by atoms with Gasteiger partial charge >= 0.3 is 5.69 Å². The SMILES string of the molecule is COc1cccc(Nc2nnc(SCC(=O)c3c(N)n(C4CC4)c(=O)[nH]c3=O)s2)c1. The van der Waals surface area contributed by atoms with E-state index in [-0.39, 0.29) is 23.2 Å². The second-order valence-electron chi connectivity index (χ2n) is 6.56. The molecule has 0 amide bonds. The number of methoxy groups -OCH3 is 1. The third kappa shape index (κ3) is 4.24. The first-order chi connectivity index (χ1) is 14.5. The van der Waals surface area contributed by atoms with Crippen LogP contribution in [0.4, 0.5) is 16.6 Å². The zero-order valence-electron chi connectivity index (χ0n) is 15.9. The van der Waals surface area contributed by atoms with Gasteiger partial charge in [-0.2, -0.15) is 0 Å². The van der Waals surface area contributed by atoms with Gasteiger partial charge in [0.2, 0.25) is 5.13 Å². The van der Waals surface area contributed by atoms with Gasteiger partial charge in [-0.25, -0.2) is 4.79 Å². The highest BCUT2D eigenvalue weighted by Crippen LogP contribution is 2.35. The molecule has 1 saturated carbocycles. The van der Waals surface area contributed by atoms with E-state index in [1.807, 2.05) is 24.3 Å². The van der Waals surface area contributed by atoms with Crippen molar-refractivity contribution < 1.29 is 9.53 Å². The van der Waals surface area contributed by atoms with Crippen LogP contribution >= 0.6 is 23.1 Å². The molecule has 4 rings (SSSR count). The Kier molecular flexibility index (Phi) is 5.59. The first kappa shape index (κ1) is 20.2. The van der Waals surface area contributed by atoms with E-state index in [1.54, 1.807) is 7.11 Å². The average molecular weight is 447 g/mol. The van der Waals surface area contributed by atoms with Gasteiger partial charge in [0.05, 0.1) is 12.9 Å².